The summed E-state index contributed by atoms with van der Waals surface area (Å²) in [6, 6.07) is 3.69. The highest BCUT2D eigenvalue weighted by Gasteiger charge is 2.15. The smallest absolute Gasteiger partial charge is 0.410 e. The first-order valence-electron chi connectivity index (χ1n) is 5.77. The molecule has 1 heterocycles. The maximum absolute atomic E-state index is 11.7. The normalized spacial score (nSPS) is 9.83. The number of pyridine rings is 1. The third-order valence-electron chi connectivity index (χ3n) is 2.27. The highest BCUT2D eigenvalue weighted by molar-refractivity contribution is 5.77. The summed E-state index contributed by atoms with van der Waals surface area (Å²) in [7, 11) is 0. The zero-order chi connectivity index (χ0) is 13.4. The summed E-state index contributed by atoms with van der Waals surface area (Å²) in [6.45, 7) is 2.84. The minimum absolute atomic E-state index is 0.0514. The molecular formula is C12H18N4O2. The van der Waals surface area contributed by atoms with Crippen LogP contribution in [-0.2, 0) is 11.3 Å². The average molecular weight is 250 g/mol. The lowest BCUT2D eigenvalue weighted by molar-refractivity contribution is 0.105. The summed E-state index contributed by atoms with van der Waals surface area (Å²) in [6.07, 6.45) is 3.30. The molecule has 0 saturated carbocycles. The molecule has 0 aliphatic rings. The van der Waals surface area contributed by atoms with Gasteiger partial charge in [-0.1, -0.05) is 6.07 Å². The summed E-state index contributed by atoms with van der Waals surface area (Å²) < 4.78 is 4.96. The first-order chi connectivity index (χ1) is 8.63. The molecule has 0 bridgehead atoms. The Balaban J connectivity index is 2.64. The van der Waals surface area contributed by atoms with E-state index in [0.29, 0.717) is 26.1 Å². The van der Waals surface area contributed by atoms with Crippen molar-refractivity contribution in [3.05, 3.63) is 30.1 Å². The largest absolute Gasteiger partial charge is 0.450 e. The van der Waals surface area contributed by atoms with Crippen LogP contribution >= 0.6 is 0 Å². The second kappa shape index (κ2) is 7.26. The number of hydrogen-bond acceptors (Lipinski definition) is 4. The fraction of sp³-hybridized carbons (Fsp3) is 0.417. The molecule has 0 aromatic carbocycles. The summed E-state index contributed by atoms with van der Waals surface area (Å²) >= 11 is 0. The molecule has 6 heteroatoms. The Hall–Kier alpha value is -2.11. The molecule has 0 fully saturated rings. The minimum Gasteiger partial charge on any atom is -0.450 e. The lowest BCUT2D eigenvalue weighted by atomic mass is 10.2. The number of hydrogen-bond donors (Lipinski definition) is 2. The molecule has 3 N–H and O–H groups in total. The molecule has 1 aromatic rings. The summed E-state index contributed by atoms with van der Waals surface area (Å²) in [5, 5.41) is 7.20. The SMILES string of the molecule is CCOC(=O)N(CCC(=N)N)Cc1cccnc1. The van der Waals surface area contributed by atoms with Crippen LogP contribution in [0.4, 0.5) is 4.79 Å². The van der Waals surface area contributed by atoms with Crippen LogP contribution in [0.25, 0.3) is 0 Å². The van der Waals surface area contributed by atoms with Gasteiger partial charge in [0.1, 0.15) is 0 Å². The molecule has 1 aromatic heterocycles. The van der Waals surface area contributed by atoms with Crippen molar-refractivity contribution < 1.29 is 9.53 Å². The van der Waals surface area contributed by atoms with Crippen LogP contribution in [0.2, 0.25) is 0 Å². The molecular weight excluding hydrogens is 232 g/mol. The van der Waals surface area contributed by atoms with E-state index >= 15 is 0 Å². The van der Waals surface area contributed by atoms with Crippen LogP contribution < -0.4 is 5.73 Å². The van der Waals surface area contributed by atoms with Crippen molar-refractivity contribution >= 4 is 11.9 Å². The molecule has 18 heavy (non-hydrogen) atoms. The summed E-state index contributed by atoms with van der Waals surface area (Å²) in [5.41, 5.74) is 6.21. The van der Waals surface area contributed by atoms with Gasteiger partial charge in [0.15, 0.2) is 0 Å². The fourth-order valence-electron chi connectivity index (χ4n) is 1.42. The second-order valence-corrected chi connectivity index (χ2v) is 3.76. The van der Waals surface area contributed by atoms with Gasteiger partial charge >= 0.3 is 6.09 Å². The standard InChI is InChI=1S/C12H18N4O2/c1-2-18-12(17)16(7-5-11(13)14)9-10-4-3-6-15-8-10/h3-4,6,8H,2,5,7,9H2,1H3,(H3,13,14). The van der Waals surface area contributed by atoms with Gasteiger partial charge in [0, 0.05) is 25.4 Å². The molecule has 6 nitrogen and oxygen atoms in total. The van der Waals surface area contributed by atoms with Gasteiger partial charge < -0.3 is 15.4 Å². The van der Waals surface area contributed by atoms with Gasteiger partial charge in [0.25, 0.3) is 0 Å². The number of aromatic nitrogens is 1. The van der Waals surface area contributed by atoms with Gasteiger partial charge in [-0.2, -0.15) is 0 Å². The van der Waals surface area contributed by atoms with Gasteiger partial charge in [0.05, 0.1) is 19.0 Å². The van der Waals surface area contributed by atoms with Crippen molar-refractivity contribution in [3.63, 3.8) is 0 Å². The predicted molar refractivity (Wildman–Crippen MR) is 68.2 cm³/mol. The number of amidine groups is 1. The van der Waals surface area contributed by atoms with Crippen molar-refractivity contribution in [2.75, 3.05) is 13.2 Å². The van der Waals surface area contributed by atoms with Gasteiger partial charge in [-0.25, -0.2) is 4.79 Å². The van der Waals surface area contributed by atoms with E-state index in [1.807, 2.05) is 12.1 Å². The lowest BCUT2D eigenvalue weighted by Gasteiger charge is -2.21. The van der Waals surface area contributed by atoms with E-state index in [-0.39, 0.29) is 5.84 Å². The first-order valence-corrected chi connectivity index (χ1v) is 5.77. The fourth-order valence-corrected chi connectivity index (χ4v) is 1.42. The van der Waals surface area contributed by atoms with Gasteiger partial charge in [-0.05, 0) is 18.6 Å². The molecule has 0 unspecified atom stereocenters. The van der Waals surface area contributed by atoms with E-state index in [1.165, 1.54) is 4.90 Å². The van der Waals surface area contributed by atoms with Crippen LogP contribution in [-0.4, -0.2) is 35.0 Å². The molecule has 0 aliphatic heterocycles. The molecule has 0 spiro atoms. The summed E-state index contributed by atoms with van der Waals surface area (Å²) in [5.74, 6) is 0.0514. The number of carbonyl (C=O) groups excluding carboxylic acids is 1. The number of nitrogens with two attached hydrogens (primary N) is 1. The number of rotatable bonds is 6. The summed E-state index contributed by atoms with van der Waals surface area (Å²) in [4.78, 5) is 17.2. The van der Waals surface area contributed by atoms with E-state index < -0.39 is 6.09 Å². The molecule has 1 amide bonds. The molecule has 1 rings (SSSR count). The van der Waals surface area contributed by atoms with E-state index in [2.05, 4.69) is 4.98 Å². The monoisotopic (exact) mass is 250 g/mol. The Morgan fingerprint density at radius 2 is 2.39 bits per heavy atom. The first kappa shape index (κ1) is 14.0. The highest BCUT2D eigenvalue weighted by atomic mass is 16.6. The van der Waals surface area contributed by atoms with Crippen LogP contribution in [0.15, 0.2) is 24.5 Å². The maximum atomic E-state index is 11.7. The Kier molecular flexibility index (Phi) is 5.63. The van der Waals surface area contributed by atoms with Gasteiger partial charge in [-0.3, -0.25) is 10.4 Å². The van der Waals surface area contributed by atoms with Gasteiger partial charge in [0.2, 0.25) is 0 Å². The zero-order valence-corrected chi connectivity index (χ0v) is 10.4. The maximum Gasteiger partial charge on any atom is 0.410 e. The second-order valence-electron chi connectivity index (χ2n) is 3.76. The average Bonchev–Trinajstić information content (AvgIpc) is 2.35. The topological polar surface area (TPSA) is 92.3 Å². The van der Waals surface area contributed by atoms with Crippen molar-refractivity contribution in [1.29, 1.82) is 5.41 Å². The number of nitrogens with one attached hydrogen (secondary N) is 1. The number of nitrogens with zero attached hydrogens (tertiary/aromatic N) is 2. The quantitative estimate of drug-likeness (QED) is 0.589. The predicted octanol–water partition coefficient (Wildman–Crippen LogP) is 1.37. The molecule has 0 aliphatic carbocycles. The van der Waals surface area contributed by atoms with Gasteiger partial charge in [-0.15, -0.1) is 0 Å². The van der Waals surface area contributed by atoms with Crippen LogP contribution in [0.1, 0.15) is 18.9 Å². The van der Waals surface area contributed by atoms with Crippen LogP contribution in [0.3, 0.4) is 0 Å². The van der Waals surface area contributed by atoms with Crippen molar-refractivity contribution in [1.82, 2.24) is 9.88 Å². The van der Waals surface area contributed by atoms with E-state index in [1.54, 1.807) is 19.3 Å². The highest BCUT2D eigenvalue weighted by Crippen LogP contribution is 2.05. The van der Waals surface area contributed by atoms with Crippen LogP contribution in [0.5, 0.6) is 0 Å². The number of amides is 1. The van der Waals surface area contributed by atoms with E-state index in [4.69, 9.17) is 15.9 Å². The van der Waals surface area contributed by atoms with Crippen molar-refractivity contribution in [2.45, 2.75) is 19.9 Å². The van der Waals surface area contributed by atoms with Crippen LogP contribution in [0, 0.1) is 5.41 Å². The Morgan fingerprint density at radius 3 is 2.94 bits per heavy atom. The Morgan fingerprint density at radius 1 is 1.61 bits per heavy atom. The van der Waals surface area contributed by atoms with E-state index in [0.717, 1.165) is 5.56 Å². The van der Waals surface area contributed by atoms with E-state index in [9.17, 15) is 4.79 Å². The minimum atomic E-state index is -0.400. The Labute approximate surface area is 106 Å². The number of ether oxygens (including phenoxy) is 1. The third kappa shape index (κ3) is 4.82. The van der Waals surface area contributed by atoms with Crippen molar-refractivity contribution in [3.8, 4) is 0 Å². The van der Waals surface area contributed by atoms with Crippen molar-refractivity contribution in [2.24, 2.45) is 5.73 Å². The number of carbonyl (C=O) groups is 1. The molecule has 0 saturated heterocycles. The molecule has 0 atom stereocenters. The molecule has 0 radical (unpaired) electrons. The molecule has 98 valence electrons. The zero-order valence-electron chi connectivity index (χ0n) is 10.4. The third-order valence-corrected chi connectivity index (χ3v) is 2.27. The lowest BCUT2D eigenvalue weighted by Crippen LogP contribution is -2.34. The Bertz CT molecular complexity index is 394.